The fourth-order valence-corrected chi connectivity index (χ4v) is 3.74. The molecule has 0 saturated heterocycles. The molecule has 2 aliphatic carbocycles. The minimum Gasteiger partial charge on any atom is -0.310 e. The Morgan fingerprint density at radius 3 is 2.83 bits per heavy atom. The third-order valence-corrected chi connectivity index (χ3v) is 4.83. The zero-order chi connectivity index (χ0) is 12.5. The summed E-state index contributed by atoms with van der Waals surface area (Å²) in [7, 11) is 0. The molecule has 1 N–H and O–H groups in total. The van der Waals surface area contributed by atoms with Crippen molar-refractivity contribution < 1.29 is 0 Å². The summed E-state index contributed by atoms with van der Waals surface area (Å²) in [5.41, 5.74) is 1.72. The lowest BCUT2D eigenvalue weighted by Gasteiger charge is -2.23. The minimum absolute atomic E-state index is 0.628. The van der Waals surface area contributed by atoms with E-state index >= 15 is 0 Å². The third kappa shape index (κ3) is 2.25. The number of nitrogens with one attached hydrogen (secondary N) is 1. The van der Waals surface area contributed by atoms with Crippen LogP contribution in [0.4, 0.5) is 0 Å². The molecular weight excluding hydrogens is 244 g/mol. The highest BCUT2D eigenvalue weighted by atomic mass is 35.5. The molecule has 3 heteroatoms. The Balaban J connectivity index is 1.62. The molecule has 3 atom stereocenters. The van der Waals surface area contributed by atoms with Gasteiger partial charge in [-0.1, -0.05) is 24.1 Å². The number of hydrogen-bond donors (Lipinski definition) is 1. The Kier molecular flexibility index (Phi) is 3.28. The zero-order valence-corrected chi connectivity index (χ0v) is 11.1. The van der Waals surface area contributed by atoms with Crippen LogP contribution >= 0.6 is 11.6 Å². The van der Waals surface area contributed by atoms with Crippen molar-refractivity contribution >= 4 is 11.6 Å². The van der Waals surface area contributed by atoms with Gasteiger partial charge in [-0.2, -0.15) is 5.26 Å². The van der Waals surface area contributed by atoms with Gasteiger partial charge in [0, 0.05) is 17.6 Å². The van der Waals surface area contributed by atoms with Crippen LogP contribution < -0.4 is 5.32 Å². The van der Waals surface area contributed by atoms with E-state index in [2.05, 4.69) is 11.4 Å². The molecule has 3 unspecified atom stereocenters. The average Bonchev–Trinajstić information content (AvgIpc) is 2.99. The second kappa shape index (κ2) is 4.91. The summed E-state index contributed by atoms with van der Waals surface area (Å²) < 4.78 is 0. The SMILES string of the molecule is N#Cc1ccc(CNC2CC3CCC2C3)c(Cl)c1. The van der Waals surface area contributed by atoms with Gasteiger partial charge < -0.3 is 5.32 Å². The van der Waals surface area contributed by atoms with Crippen molar-refractivity contribution in [2.45, 2.75) is 38.3 Å². The summed E-state index contributed by atoms with van der Waals surface area (Å²) in [6.45, 7) is 0.818. The molecule has 0 aliphatic heterocycles. The molecule has 2 saturated carbocycles. The van der Waals surface area contributed by atoms with Gasteiger partial charge in [0.25, 0.3) is 0 Å². The average molecular weight is 261 g/mol. The first-order chi connectivity index (χ1) is 8.76. The first-order valence-electron chi connectivity index (χ1n) is 6.68. The Hall–Kier alpha value is -1.04. The maximum absolute atomic E-state index is 8.80. The van der Waals surface area contributed by atoms with E-state index in [0.29, 0.717) is 16.6 Å². The molecule has 3 rings (SSSR count). The summed E-state index contributed by atoms with van der Waals surface area (Å²) in [4.78, 5) is 0. The van der Waals surface area contributed by atoms with Crippen molar-refractivity contribution in [2.24, 2.45) is 11.8 Å². The lowest BCUT2D eigenvalue weighted by molar-refractivity contribution is 0.351. The maximum Gasteiger partial charge on any atom is 0.0992 e. The van der Waals surface area contributed by atoms with Crippen molar-refractivity contribution in [1.29, 1.82) is 5.26 Å². The van der Waals surface area contributed by atoms with E-state index in [4.69, 9.17) is 16.9 Å². The highest BCUT2D eigenvalue weighted by Crippen LogP contribution is 2.44. The van der Waals surface area contributed by atoms with E-state index in [-0.39, 0.29) is 0 Å². The van der Waals surface area contributed by atoms with Gasteiger partial charge in [-0.25, -0.2) is 0 Å². The van der Waals surface area contributed by atoms with E-state index in [1.807, 2.05) is 12.1 Å². The monoisotopic (exact) mass is 260 g/mol. The molecule has 2 aliphatic rings. The standard InChI is InChI=1S/C15H17ClN2/c16-14-6-11(8-17)2-4-13(14)9-18-15-7-10-1-3-12(15)5-10/h2,4,6,10,12,15,18H,1,3,5,7,9H2. The van der Waals surface area contributed by atoms with Crippen molar-refractivity contribution in [1.82, 2.24) is 5.32 Å². The molecule has 2 bridgehead atoms. The van der Waals surface area contributed by atoms with E-state index in [0.717, 1.165) is 23.9 Å². The highest BCUT2D eigenvalue weighted by Gasteiger charge is 2.38. The van der Waals surface area contributed by atoms with Crippen LogP contribution in [0.1, 0.15) is 36.8 Å². The van der Waals surface area contributed by atoms with Crippen molar-refractivity contribution in [3.8, 4) is 6.07 Å². The van der Waals surface area contributed by atoms with Gasteiger partial charge in [-0.15, -0.1) is 0 Å². The molecule has 0 aromatic heterocycles. The van der Waals surface area contributed by atoms with Crippen molar-refractivity contribution in [2.75, 3.05) is 0 Å². The molecule has 94 valence electrons. The van der Waals surface area contributed by atoms with E-state index < -0.39 is 0 Å². The second-order valence-corrected chi connectivity index (χ2v) is 5.99. The van der Waals surface area contributed by atoms with Crippen molar-refractivity contribution in [3.05, 3.63) is 34.3 Å². The smallest absolute Gasteiger partial charge is 0.0992 e. The van der Waals surface area contributed by atoms with Gasteiger partial charge in [0.2, 0.25) is 0 Å². The van der Waals surface area contributed by atoms with Gasteiger partial charge in [0.15, 0.2) is 0 Å². The van der Waals surface area contributed by atoms with Crippen LogP contribution in [-0.2, 0) is 6.54 Å². The van der Waals surface area contributed by atoms with Gasteiger partial charge >= 0.3 is 0 Å². The summed E-state index contributed by atoms with van der Waals surface area (Å²) >= 11 is 6.18. The van der Waals surface area contributed by atoms with Crippen molar-refractivity contribution in [3.63, 3.8) is 0 Å². The van der Waals surface area contributed by atoms with E-state index in [1.165, 1.54) is 25.7 Å². The summed E-state index contributed by atoms with van der Waals surface area (Å²) in [5.74, 6) is 1.84. The molecule has 1 aromatic carbocycles. The largest absolute Gasteiger partial charge is 0.310 e. The topological polar surface area (TPSA) is 35.8 Å². The number of fused-ring (bicyclic) bond motifs is 2. The molecule has 0 amide bonds. The highest BCUT2D eigenvalue weighted by molar-refractivity contribution is 6.31. The lowest BCUT2D eigenvalue weighted by Crippen LogP contribution is -2.33. The number of halogens is 1. The van der Waals surface area contributed by atoms with E-state index in [9.17, 15) is 0 Å². The molecule has 2 nitrogen and oxygen atoms in total. The predicted octanol–water partition coefficient (Wildman–Crippen LogP) is 3.49. The van der Waals surface area contributed by atoms with Crippen LogP contribution in [0.2, 0.25) is 5.02 Å². The Bertz CT molecular complexity index is 492. The molecule has 2 fully saturated rings. The number of benzene rings is 1. The van der Waals surface area contributed by atoms with Crippen LogP contribution in [0.5, 0.6) is 0 Å². The Morgan fingerprint density at radius 2 is 2.22 bits per heavy atom. The Morgan fingerprint density at radius 1 is 1.33 bits per heavy atom. The van der Waals surface area contributed by atoms with E-state index in [1.54, 1.807) is 6.07 Å². The van der Waals surface area contributed by atoms with Crippen LogP contribution in [0.15, 0.2) is 18.2 Å². The molecule has 1 aromatic rings. The number of hydrogen-bond acceptors (Lipinski definition) is 2. The lowest BCUT2D eigenvalue weighted by atomic mass is 9.95. The fraction of sp³-hybridized carbons (Fsp3) is 0.533. The van der Waals surface area contributed by atoms with Gasteiger partial charge in [-0.05, 0) is 48.8 Å². The van der Waals surface area contributed by atoms with Gasteiger partial charge in [0.1, 0.15) is 0 Å². The van der Waals surface area contributed by atoms with Crippen LogP contribution in [0.25, 0.3) is 0 Å². The minimum atomic E-state index is 0.628. The first-order valence-corrected chi connectivity index (χ1v) is 7.06. The van der Waals surface area contributed by atoms with Gasteiger partial charge in [0.05, 0.1) is 11.6 Å². The number of nitrogens with zero attached hydrogens (tertiary/aromatic N) is 1. The van der Waals surface area contributed by atoms with Crippen LogP contribution in [0, 0.1) is 23.2 Å². The normalized spacial score (nSPS) is 29.4. The molecule has 18 heavy (non-hydrogen) atoms. The fourth-order valence-electron chi connectivity index (χ4n) is 3.50. The van der Waals surface area contributed by atoms with Gasteiger partial charge in [-0.3, -0.25) is 0 Å². The maximum atomic E-state index is 8.80. The Labute approximate surface area is 113 Å². The number of nitriles is 1. The quantitative estimate of drug-likeness (QED) is 0.903. The van der Waals surface area contributed by atoms with Crippen LogP contribution in [0.3, 0.4) is 0 Å². The molecule has 0 spiro atoms. The summed E-state index contributed by atoms with van der Waals surface area (Å²) in [6, 6.07) is 8.33. The number of rotatable bonds is 3. The summed E-state index contributed by atoms with van der Waals surface area (Å²) in [6.07, 6.45) is 5.57. The zero-order valence-electron chi connectivity index (χ0n) is 10.3. The third-order valence-electron chi connectivity index (χ3n) is 4.47. The molecule has 0 heterocycles. The predicted molar refractivity (Wildman–Crippen MR) is 72.2 cm³/mol. The molecular formula is C15H17ClN2. The summed E-state index contributed by atoms with van der Waals surface area (Å²) in [5, 5.41) is 13.1. The first kappa shape index (κ1) is 12.0. The molecule has 0 radical (unpaired) electrons. The van der Waals surface area contributed by atoms with Crippen LogP contribution in [-0.4, -0.2) is 6.04 Å². The second-order valence-electron chi connectivity index (χ2n) is 5.58.